The molecule has 6 nitrogen and oxygen atoms in total. The molecule has 1 N–H and O–H groups in total. The first-order valence-electron chi connectivity index (χ1n) is 7.81. The molecule has 0 spiro atoms. The van der Waals surface area contributed by atoms with Gasteiger partial charge >= 0.3 is 12.1 Å². The number of likely N-dealkylation sites (N-methyl/N-ethyl adjacent to an activating group) is 1. The van der Waals surface area contributed by atoms with E-state index >= 15 is 0 Å². The van der Waals surface area contributed by atoms with Crippen LogP contribution in [0.5, 0.6) is 5.75 Å². The van der Waals surface area contributed by atoms with Crippen LogP contribution < -0.4 is 4.74 Å². The highest BCUT2D eigenvalue weighted by atomic mass is 16.6. The number of carboxylic acid groups (broad SMARTS) is 1. The summed E-state index contributed by atoms with van der Waals surface area (Å²) in [5.74, 6) is -0.523. The van der Waals surface area contributed by atoms with Crippen molar-refractivity contribution in [1.82, 2.24) is 4.90 Å². The Labute approximate surface area is 146 Å². The van der Waals surface area contributed by atoms with Crippen molar-refractivity contribution in [2.75, 3.05) is 14.2 Å². The molecule has 0 bridgehead atoms. The molecule has 25 heavy (non-hydrogen) atoms. The van der Waals surface area contributed by atoms with Crippen LogP contribution in [0.3, 0.4) is 0 Å². The minimum Gasteiger partial charge on any atom is -0.496 e. The van der Waals surface area contributed by atoms with Crippen LogP contribution in [0.1, 0.15) is 11.1 Å². The van der Waals surface area contributed by atoms with E-state index in [9.17, 15) is 14.7 Å². The molecule has 1 amide bonds. The minimum absolute atomic E-state index is 0.0883. The zero-order chi connectivity index (χ0) is 18.2. The van der Waals surface area contributed by atoms with E-state index in [0.717, 1.165) is 10.5 Å². The van der Waals surface area contributed by atoms with Crippen LogP contribution in [-0.4, -0.2) is 42.3 Å². The first-order valence-corrected chi connectivity index (χ1v) is 7.81. The number of carboxylic acids is 1. The highest BCUT2D eigenvalue weighted by molar-refractivity contribution is 5.80. The third-order valence-electron chi connectivity index (χ3n) is 3.85. The molecular weight excluding hydrogens is 322 g/mol. The smallest absolute Gasteiger partial charge is 0.410 e. The average molecular weight is 343 g/mol. The zero-order valence-corrected chi connectivity index (χ0v) is 14.2. The van der Waals surface area contributed by atoms with E-state index in [2.05, 4.69) is 0 Å². The van der Waals surface area contributed by atoms with Crippen molar-refractivity contribution in [2.24, 2.45) is 0 Å². The molecule has 2 aromatic rings. The van der Waals surface area contributed by atoms with Crippen molar-refractivity contribution in [1.29, 1.82) is 0 Å². The van der Waals surface area contributed by atoms with E-state index in [-0.39, 0.29) is 13.0 Å². The Morgan fingerprint density at radius 3 is 2.36 bits per heavy atom. The highest BCUT2D eigenvalue weighted by Crippen LogP contribution is 2.21. The Bertz CT molecular complexity index is 717. The number of rotatable bonds is 7. The minimum atomic E-state index is -1.11. The fraction of sp³-hybridized carbons (Fsp3) is 0.263. The van der Waals surface area contributed by atoms with Crippen LogP contribution in [-0.2, 0) is 22.6 Å². The summed E-state index contributed by atoms with van der Waals surface area (Å²) in [6, 6.07) is 15.3. The number of hydrogen-bond donors (Lipinski definition) is 1. The molecule has 1 atom stereocenters. The summed E-state index contributed by atoms with van der Waals surface area (Å²) in [4.78, 5) is 24.9. The molecule has 6 heteroatoms. The number of carbonyl (C=O) groups is 2. The number of benzene rings is 2. The van der Waals surface area contributed by atoms with Gasteiger partial charge in [-0.3, -0.25) is 4.90 Å². The standard InChI is InChI=1S/C19H21NO5/c1-20(19(23)25-13-14-8-4-3-5-9-14)16(18(21)22)12-15-10-6-7-11-17(15)24-2/h3-11,16H,12-13H2,1-2H3,(H,21,22). The number of nitrogens with zero attached hydrogens (tertiary/aromatic N) is 1. The maximum Gasteiger partial charge on any atom is 0.410 e. The molecule has 0 aromatic heterocycles. The highest BCUT2D eigenvalue weighted by Gasteiger charge is 2.28. The number of aliphatic carboxylic acids is 1. The van der Waals surface area contributed by atoms with Crippen molar-refractivity contribution >= 4 is 12.1 Å². The summed E-state index contributed by atoms with van der Waals surface area (Å²) in [5.41, 5.74) is 1.54. The van der Waals surface area contributed by atoms with Crippen molar-refractivity contribution in [3.05, 3.63) is 65.7 Å². The number of carbonyl (C=O) groups excluding carboxylic acids is 1. The molecule has 0 aliphatic carbocycles. The lowest BCUT2D eigenvalue weighted by molar-refractivity contribution is -0.142. The third-order valence-corrected chi connectivity index (χ3v) is 3.85. The van der Waals surface area contributed by atoms with E-state index in [1.54, 1.807) is 24.3 Å². The number of methoxy groups -OCH3 is 1. The van der Waals surface area contributed by atoms with E-state index in [1.165, 1.54) is 14.2 Å². The Kier molecular flexibility index (Phi) is 6.39. The maximum atomic E-state index is 12.2. The first-order chi connectivity index (χ1) is 12.0. The molecule has 0 saturated carbocycles. The summed E-state index contributed by atoms with van der Waals surface area (Å²) in [6.45, 7) is 0.0883. The molecule has 1 unspecified atom stereocenters. The van der Waals surface area contributed by atoms with Crippen LogP contribution in [0.25, 0.3) is 0 Å². The van der Waals surface area contributed by atoms with Crippen molar-refractivity contribution in [3.63, 3.8) is 0 Å². The van der Waals surface area contributed by atoms with Crippen molar-refractivity contribution in [3.8, 4) is 5.75 Å². The van der Waals surface area contributed by atoms with Gasteiger partial charge in [-0.15, -0.1) is 0 Å². The second-order valence-corrected chi connectivity index (χ2v) is 5.52. The number of para-hydroxylation sites is 1. The van der Waals surface area contributed by atoms with Gasteiger partial charge in [-0.25, -0.2) is 9.59 Å². The Balaban J connectivity index is 2.05. The Morgan fingerprint density at radius 1 is 1.08 bits per heavy atom. The predicted molar refractivity (Wildman–Crippen MR) is 92.5 cm³/mol. The topological polar surface area (TPSA) is 76.1 Å². The lowest BCUT2D eigenvalue weighted by Crippen LogP contribution is -2.44. The number of hydrogen-bond acceptors (Lipinski definition) is 4. The largest absolute Gasteiger partial charge is 0.496 e. The number of amides is 1. The molecule has 0 aliphatic rings. The second-order valence-electron chi connectivity index (χ2n) is 5.52. The summed E-state index contributed by atoms with van der Waals surface area (Å²) >= 11 is 0. The van der Waals surface area contributed by atoms with Gasteiger partial charge < -0.3 is 14.6 Å². The van der Waals surface area contributed by atoms with Crippen molar-refractivity contribution < 1.29 is 24.2 Å². The van der Waals surface area contributed by atoms with E-state index < -0.39 is 18.1 Å². The molecule has 0 heterocycles. The quantitative estimate of drug-likeness (QED) is 0.836. The number of ether oxygens (including phenoxy) is 2. The molecule has 2 aromatic carbocycles. The van der Waals surface area contributed by atoms with Gasteiger partial charge in [-0.1, -0.05) is 48.5 Å². The van der Waals surface area contributed by atoms with Crippen LogP contribution >= 0.6 is 0 Å². The fourth-order valence-electron chi connectivity index (χ4n) is 2.42. The normalized spacial score (nSPS) is 11.4. The van der Waals surface area contributed by atoms with Gasteiger partial charge in [0.15, 0.2) is 0 Å². The van der Waals surface area contributed by atoms with Gasteiger partial charge in [-0.2, -0.15) is 0 Å². The second kappa shape index (κ2) is 8.73. The molecule has 0 saturated heterocycles. The summed E-state index contributed by atoms with van der Waals surface area (Å²) in [6.07, 6.45) is -0.567. The molecular formula is C19H21NO5. The Hall–Kier alpha value is -3.02. The molecule has 132 valence electrons. The zero-order valence-electron chi connectivity index (χ0n) is 14.2. The average Bonchev–Trinajstić information content (AvgIpc) is 2.64. The summed E-state index contributed by atoms with van der Waals surface area (Å²) in [7, 11) is 2.94. The van der Waals surface area contributed by atoms with Gasteiger partial charge in [0.05, 0.1) is 7.11 Å². The van der Waals surface area contributed by atoms with Crippen LogP contribution in [0.15, 0.2) is 54.6 Å². The molecule has 0 aliphatic heterocycles. The maximum absolute atomic E-state index is 12.2. The predicted octanol–water partition coefficient (Wildman–Crippen LogP) is 2.96. The van der Waals surface area contributed by atoms with Gasteiger partial charge in [0.2, 0.25) is 0 Å². The Morgan fingerprint density at radius 2 is 1.72 bits per heavy atom. The molecule has 0 radical (unpaired) electrons. The summed E-state index contributed by atoms with van der Waals surface area (Å²) < 4.78 is 10.5. The van der Waals surface area contributed by atoms with Gasteiger partial charge in [0.1, 0.15) is 18.4 Å². The van der Waals surface area contributed by atoms with E-state index in [4.69, 9.17) is 9.47 Å². The van der Waals surface area contributed by atoms with Crippen LogP contribution in [0.4, 0.5) is 4.79 Å². The lowest BCUT2D eigenvalue weighted by Gasteiger charge is -2.25. The third kappa shape index (κ3) is 4.97. The first kappa shape index (κ1) is 18.3. The monoisotopic (exact) mass is 343 g/mol. The summed E-state index contributed by atoms with van der Waals surface area (Å²) in [5, 5.41) is 9.51. The van der Waals surface area contributed by atoms with Gasteiger partial charge in [0, 0.05) is 13.5 Å². The SMILES string of the molecule is COc1ccccc1CC(C(=O)O)N(C)C(=O)OCc1ccccc1. The van der Waals surface area contributed by atoms with Crippen LogP contribution in [0.2, 0.25) is 0 Å². The van der Waals surface area contributed by atoms with E-state index in [0.29, 0.717) is 11.3 Å². The van der Waals surface area contributed by atoms with Gasteiger partial charge in [-0.05, 0) is 17.2 Å². The molecule has 2 rings (SSSR count). The lowest BCUT2D eigenvalue weighted by atomic mass is 10.0. The van der Waals surface area contributed by atoms with E-state index in [1.807, 2.05) is 30.3 Å². The van der Waals surface area contributed by atoms with Crippen LogP contribution in [0, 0.1) is 0 Å². The fourth-order valence-corrected chi connectivity index (χ4v) is 2.42. The van der Waals surface area contributed by atoms with Crippen molar-refractivity contribution in [2.45, 2.75) is 19.1 Å². The molecule has 0 fully saturated rings. The van der Waals surface area contributed by atoms with Gasteiger partial charge in [0.25, 0.3) is 0 Å².